The highest BCUT2D eigenvalue weighted by molar-refractivity contribution is 14.1. The molecular weight excluding hydrogens is 563 g/mol. The molecule has 0 atom stereocenters. The number of hydrogen-bond donors (Lipinski definition) is 0. The molecule has 0 unspecified atom stereocenters. The van der Waals surface area contributed by atoms with E-state index in [1.807, 2.05) is 31.2 Å². The van der Waals surface area contributed by atoms with E-state index in [9.17, 15) is 14.9 Å². The fourth-order valence-electron chi connectivity index (χ4n) is 3.66. The second-order valence-corrected chi connectivity index (χ2v) is 9.02. The van der Waals surface area contributed by atoms with E-state index in [-0.39, 0.29) is 17.3 Å². The fourth-order valence-corrected chi connectivity index (χ4v) is 4.44. The third-order valence-corrected chi connectivity index (χ3v) is 6.17. The molecule has 0 radical (unpaired) electrons. The van der Waals surface area contributed by atoms with Gasteiger partial charge in [-0.15, -0.1) is 0 Å². The summed E-state index contributed by atoms with van der Waals surface area (Å²) < 4.78 is 17.7. The van der Waals surface area contributed by atoms with E-state index in [1.165, 1.54) is 12.1 Å². The van der Waals surface area contributed by atoms with Gasteiger partial charge in [0, 0.05) is 17.2 Å². The molecule has 0 N–H and O–H groups in total. The molecule has 0 bridgehead atoms. The van der Waals surface area contributed by atoms with Crippen molar-refractivity contribution in [3.8, 4) is 11.5 Å². The number of rotatable bonds is 7. The Bertz CT molecular complexity index is 1400. The molecule has 178 valence electrons. The van der Waals surface area contributed by atoms with E-state index in [4.69, 9.17) is 14.2 Å². The van der Waals surface area contributed by atoms with E-state index < -0.39 is 10.9 Å². The minimum absolute atomic E-state index is 0.0298. The summed E-state index contributed by atoms with van der Waals surface area (Å²) in [5.74, 6) is 0.505. The molecule has 0 aromatic heterocycles. The topological polar surface area (TPSA) is 100 Å². The minimum Gasteiger partial charge on any atom is -0.493 e. The van der Waals surface area contributed by atoms with Crippen molar-refractivity contribution in [1.82, 2.24) is 0 Å². The Morgan fingerprint density at radius 3 is 2.63 bits per heavy atom. The van der Waals surface area contributed by atoms with Gasteiger partial charge in [-0.2, -0.15) is 0 Å². The lowest BCUT2D eigenvalue weighted by Gasteiger charge is -2.14. The number of hydrogen-bond acceptors (Lipinski definition) is 7. The van der Waals surface area contributed by atoms with Gasteiger partial charge >= 0.3 is 5.97 Å². The van der Waals surface area contributed by atoms with Crippen LogP contribution in [0.2, 0.25) is 0 Å². The molecule has 8 nitrogen and oxygen atoms in total. The zero-order valence-corrected chi connectivity index (χ0v) is 21.4. The van der Waals surface area contributed by atoms with Crippen LogP contribution in [-0.4, -0.2) is 23.9 Å². The van der Waals surface area contributed by atoms with Gasteiger partial charge < -0.3 is 14.2 Å². The summed E-state index contributed by atoms with van der Waals surface area (Å²) in [7, 11) is 1.55. The molecule has 35 heavy (non-hydrogen) atoms. The average molecular weight is 584 g/mol. The van der Waals surface area contributed by atoms with Gasteiger partial charge in [-0.05, 0) is 71.8 Å². The number of aliphatic imine (C=N–C) groups is 1. The number of ether oxygens (including phenoxy) is 3. The van der Waals surface area contributed by atoms with Gasteiger partial charge in [-0.25, -0.2) is 9.79 Å². The standard InChI is InChI=1S/C26H21IN2O6/c1-15-6-4-7-17(10-15)14-34-24-20(27)11-18(13-23(24)33-3)12-21-26(30)35-25(28-21)19-8-5-9-22(16(19)2)29(31)32/h4-13H,14H2,1-3H3/b21-12-. The number of benzene rings is 3. The van der Waals surface area contributed by atoms with E-state index in [1.54, 1.807) is 32.2 Å². The van der Waals surface area contributed by atoms with Crippen LogP contribution in [-0.2, 0) is 16.1 Å². The number of nitro benzene ring substituents is 1. The van der Waals surface area contributed by atoms with E-state index >= 15 is 0 Å². The molecule has 0 saturated heterocycles. The molecule has 0 amide bonds. The molecule has 4 rings (SSSR count). The maximum atomic E-state index is 12.5. The number of nitrogens with zero attached hydrogens (tertiary/aromatic N) is 2. The molecule has 1 aliphatic heterocycles. The predicted molar refractivity (Wildman–Crippen MR) is 140 cm³/mol. The van der Waals surface area contributed by atoms with Crippen molar-refractivity contribution in [1.29, 1.82) is 0 Å². The smallest absolute Gasteiger partial charge is 0.363 e. The Morgan fingerprint density at radius 1 is 1.14 bits per heavy atom. The molecule has 0 spiro atoms. The largest absolute Gasteiger partial charge is 0.493 e. The lowest BCUT2D eigenvalue weighted by atomic mass is 10.1. The van der Waals surface area contributed by atoms with Crippen molar-refractivity contribution in [2.24, 2.45) is 4.99 Å². The molecule has 1 heterocycles. The average Bonchev–Trinajstić information content (AvgIpc) is 3.17. The number of esters is 1. The van der Waals surface area contributed by atoms with Crippen LogP contribution in [0.15, 0.2) is 65.3 Å². The Hall–Kier alpha value is -3.73. The van der Waals surface area contributed by atoms with Gasteiger partial charge in [0.25, 0.3) is 5.69 Å². The summed E-state index contributed by atoms with van der Waals surface area (Å²) in [4.78, 5) is 27.5. The van der Waals surface area contributed by atoms with Crippen LogP contribution in [0, 0.1) is 27.5 Å². The molecule has 0 aliphatic carbocycles. The Morgan fingerprint density at radius 2 is 1.91 bits per heavy atom. The molecule has 3 aromatic rings. The molecule has 9 heteroatoms. The van der Waals surface area contributed by atoms with Gasteiger partial charge in [0.2, 0.25) is 5.90 Å². The van der Waals surface area contributed by atoms with Crippen LogP contribution in [0.3, 0.4) is 0 Å². The second-order valence-electron chi connectivity index (χ2n) is 7.85. The quantitative estimate of drug-likeness (QED) is 0.115. The Kier molecular flexibility index (Phi) is 7.15. The number of carbonyl (C=O) groups excluding carboxylic acids is 1. The van der Waals surface area contributed by atoms with Crippen LogP contribution in [0.4, 0.5) is 5.69 Å². The summed E-state index contributed by atoms with van der Waals surface area (Å²) in [5.41, 5.74) is 3.64. The van der Waals surface area contributed by atoms with Crippen LogP contribution >= 0.6 is 22.6 Å². The summed E-state index contributed by atoms with van der Waals surface area (Å²) in [6, 6.07) is 16.2. The van der Waals surface area contributed by atoms with Crippen LogP contribution in [0.25, 0.3) is 6.08 Å². The predicted octanol–water partition coefficient (Wildman–Crippen LogP) is 5.75. The molecule has 0 fully saturated rings. The maximum absolute atomic E-state index is 12.5. The van der Waals surface area contributed by atoms with Gasteiger partial charge in [0.1, 0.15) is 6.61 Å². The minimum atomic E-state index is -0.639. The first-order valence-corrected chi connectivity index (χ1v) is 11.7. The zero-order chi connectivity index (χ0) is 25.1. The van der Waals surface area contributed by atoms with E-state index in [0.29, 0.717) is 34.8 Å². The van der Waals surface area contributed by atoms with Gasteiger partial charge in [-0.1, -0.05) is 35.9 Å². The summed E-state index contributed by atoms with van der Waals surface area (Å²) in [5, 5.41) is 11.2. The molecule has 1 aliphatic rings. The number of carbonyl (C=O) groups is 1. The van der Waals surface area contributed by atoms with Crippen molar-refractivity contribution in [3.05, 3.63) is 102 Å². The van der Waals surface area contributed by atoms with Crippen LogP contribution in [0.1, 0.15) is 27.8 Å². The highest BCUT2D eigenvalue weighted by Gasteiger charge is 2.27. The summed E-state index contributed by atoms with van der Waals surface area (Å²) in [6.07, 6.45) is 1.58. The van der Waals surface area contributed by atoms with Crippen LogP contribution < -0.4 is 9.47 Å². The summed E-state index contributed by atoms with van der Waals surface area (Å²) in [6.45, 7) is 4.00. The highest BCUT2D eigenvalue weighted by atomic mass is 127. The van der Waals surface area contributed by atoms with Crippen molar-refractivity contribution in [2.75, 3.05) is 7.11 Å². The fraction of sp³-hybridized carbons (Fsp3) is 0.154. The molecule has 3 aromatic carbocycles. The molecule has 0 saturated carbocycles. The lowest BCUT2D eigenvalue weighted by Crippen LogP contribution is -2.08. The second kappa shape index (κ2) is 10.3. The Balaban J connectivity index is 1.62. The normalized spacial score (nSPS) is 14.0. The van der Waals surface area contributed by atoms with Gasteiger partial charge in [0.05, 0.1) is 15.6 Å². The summed E-state index contributed by atoms with van der Waals surface area (Å²) >= 11 is 2.15. The first kappa shape index (κ1) is 24.4. The van der Waals surface area contributed by atoms with Gasteiger partial charge in [-0.3, -0.25) is 10.1 Å². The first-order valence-electron chi connectivity index (χ1n) is 10.6. The van der Waals surface area contributed by atoms with E-state index in [0.717, 1.165) is 14.7 Å². The zero-order valence-electron chi connectivity index (χ0n) is 19.2. The van der Waals surface area contributed by atoms with Crippen molar-refractivity contribution < 1.29 is 23.9 Å². The highest BCUT2D eigenvalue weighted by Crippen LogP contribution is 2.36. The number of cyclic esters (lactones) is 1. The van der Waals surface area contributed by atoms with Crippen molar-refractivity contribution >= 4 is 46.2 Å². The number of methoxy groups -OCH3 is 1. The maximum Gasteiger partial charge on any atom is 0.363 e. The third-order valence-electron chi connectivity index (χ3n) is 5.37. The van der Waals surface area contributed by atoms with Crippen molar-refractivity contribution in [2.45, 2.75) is 20.5 Å². The van der Waals surface area contributed by atoms with Crippen LogP contribution in [0.5, 0.6) is 11.5 Å². The SMILES string of the molecule is COc1cc(/C=C2\N=C(c3cccc([N+](=O)[O-])c3C)OC2=O)cc(I)c1OCc1cccc(C)c1. The number of nitro groups is 1. The monoisotopic (exact) mass is 584 g/mol. The van der Waals surface area contributed by atoms with Gasteiger partial charge in [0.15, 0.2) is 17.2 Å². The van der Waals surface area contributed by atoms with E-state index in [2.05, 4.69) is 33.6 Å². The lowest BCUT2D eigenvalue weighted by molar-refractivity contribution is -0.385. The van der Waals surface area contributed by atoms with Crippen molar-refractivity contribution in [3.63, 3.8) is 0 Å². The third kappa shape index (κ3) is 5.35. The number of halogens is 1. The number of aryl methyl sites for hydroxylation is 1. The molecular formula is C26H21IN2O6. The Labute approximate surface area is 215 Å². The first-order chi connectivity index (χ1) is 16.8.